The fraction of sp³-hybridized carbons (Fsp3) is 0.364. The first kappa shape index (κ1) is 9.98. The molecule has 4 heteroatoms. The van der Waals surface area contributed by atoms with Crippen LogP contribution in [0.3, 0.4) is 0 Å². The van der Waals surface area contributed by atoms with E-state index in [0.29, 0.717) is 17.1 Å². The van der Waals surface area contributed by atoms with Crippen LogP contribution in [0.1, 0.15) is 17.3 Å². The second kappa shape index (κ2) is 3.90. The molecule has 1 aromatic carbocycles. The quantitative estimate of drug-likeness (QED) is 0.805. The van der Waals surface area contributed by atoms with Gasteiger partial charge >= 0.3 is 0 Å². The van der Waals surface area contributed by atoms with Gasteiger partial charge in [-0.25, -0.2) is 0 Å². The van der Waals surface area contributed by atoms with E-state index in [4.69, 9.17) is 14.6 Å². The number of hydrogen-bond donors (Lipinski definition) is 1. The molecule has 0 aliphatic carbocycles. The van der Waals surface area contributed by atoms with Gasteiger partial charge in [0.2, 0.25) is 5.78 Å². The second-order valence-corrected chi connectivity index (χ2v) is 3.53. The number of fused-ring (bicyclic) bond motifs is 1. The van der Waals surface area contributed by atoms with Gasteiger partial charge in [0, 0.05) is 6.07 Å². The zero-order chi connectivity index (χ0) is 10.8. The molecule has 0 bridgehead atoms. The molecule has 0 spiro atoms. The van der Waals surface area contributed by atoms with E-state index in [-0.39, 0.29) is 19.0 Å². The number of hydrogen-bond acceptors (Lipinski definition) is 4. The van der Waals surface area contributed by atoms with E-state index in [2.05, 4.69) is 0 Å². The Morgan fingerprint density at radius 1 is 1.60 bits per heavy atom. The number of Topliss-reactive ketones (excluding diaryl/α,β-unsaturated/α-hetero) is 1. The number of carbonyl (C=O) groups excluding carboxylic acids is 1. The Morgan fingerprint density at radius 3 is 3.13 bits per heavy atom. The van der Waals surface area contributed by atoms with E-state index >= 15 is 0 Å². The molecule has 4 nitrogen and oxygen atoms in total. The summed E-state index contributed by atoms with van der Waals surface area (Å²) >= 11 is 0. The smallest absolute Gasteiger partial charge is 0.203 e. The van der Waals surface area contributed by atoms with Crippen LogP contribution in [0.2, 0.25) is 0 Å². The minimum Gasteiger partial charge on any atom is -0.491 e. The van der Waals surface area contributed by atoms with Crippen molar-refractivity contribution in [2.45, 2.75) is 13.0 Å². The monoisotopic (exact) mass is 208 g/mol. The molecule has 1 unspecified atom stereocenters. The lowest BCUT2D eigenvalue weighted by molar-refractivity contribution is 0.0961. The second-order valence-electron chi connectivity index (χ2n) is 3.53. The van der Waals surface area contributed by atoms with E-state index < -0.39 is 6.10 Å². The highest BCUT2D eigenvalue weighted by molar-refractivity contribution is 6.02. The van der Waals surface area contributed by atoms with Crippen LogP contribution in [0.25, 0.3) is 0 Å². The maximum absolute atomic E-state index is 11.2. The first-order valence-corrected chi connectivity index (χ1v) is 4.78. The van der Waals surface area contributed by atoms with Crippen LogP contribution in [-0.2, 0) is 0 Å². The summed E-state index contributed by atoms with van der Waals surface area (Å²) in [4.78, 5) is 11.2. The largest absolute Gasteiger partial charge is 0.491 e. The summed E-state index contributed by atoms with van der Waals surface area (Å²) in [5.74, 6) is 1.15. The van der Waals surface area contributed by atoms with Crippen LogP contribution >= 0.6 is 0 Å². The topological polar surface area (TPSA) is 55.8 Å². The van der Waals surface area contributed by atoms with Crippen molar-refractivity contribution in [3.05, 3.63) is 23.8 Å². The first-order chi connectivity index (χ1) is 7.16. The Hall–Kier alpha value is -1.55. The number of carbonyl (C=O) groups is 1. The highest BCUT2D eigenvalue weighted by Crippen LogP contribution is 2.29. The van der Waals surface area contributed by atoms with Crippen molar-refractivity contribution in [2.24, 2.45) is 0 Å². The molecule has 1 aliphatic rings. The molecule has 1 N–H and O–H groups in total. The summed E-state index contributed by atoms with van der Waals surface area (Å²) in [6, 6.07) is 5.05. The van der Waals surface area contributed by atoms with E-state index in [1.54, 1.807) is 25.1 Å². The van der Waals surface area contributed by atoms with Crippen molar-refractivity contribution in [2.75, 3.05) is 13.2 Å². The summed E-state index contributed by atoms with van der Waals surface area (Å²) in [7, 11) is 0. The molecule has 0 radical (unpaired) electrons. The lowest BCUT2D eigenvalue weighted by Gasteiger charge is -2.08. The summed E-state index contributed by atoms with van der Waals surface area (Å²) in [6.45, 7) is 1.98. The summed E-state index contributed by atoms with van der Waals surface area (Å²) in [6.07, 6.45) is -0.513. The molecule has 1 heterocycles. The van der Waals surface area contributed by atoms with Gasteiger partial charge < -0.3 is 14.6 Å². The molecule has 0 saturated carbocycles. The number of ether oxygens (including phenoxy) is 2. The Labute approximate surface area is 87.4 Å². The average molecular weight is 208 g/mol. The summed E-state index contributed by atoms with van der Waals surface area (Å²) < 4.78 is 10.5. The fourth-order valence-electron chi connectivity index (χ4n) is 1.38. The Balaban J connectivity index is 2.13. The molecule has 1 aliphatic heterocycles. The lowest BCUT2D eigenvalue weighted by atomic mass is 10.1. The lowest BCUT2D eigenvalue weighted by Crippen LogP contribution is -2.12. The van der Waals surface area contributed by atoms with Gasteiger partial charge in [-0.2, -0.15) is 0 Å². The van der Waals surface area contributed by atoms with E-state index in [1.807, 2.05) is 0 Å². The summed E-state index contributed by atoms with van der Waals surface area (Å²) in [5, 5.41) is 9.04. The fourth-order valence-corrected chi connectivity index (χ4v) is 1.38. The third kappa shape index (κ3) is 2.10. The zero-order valence-corrected chi connectivity index (χ0v) is 8.40. The number of rotatable bonds is 3. The van der Waals surface area contributed by atoms with Crippen molar-refractivity contribution < 1.29 is 19.4 Å². The van der Waals surface area contributed by atoms with Gasteiger partial charge in [-0.3, -0.25) is 4.79 Å². The van der Waals surface area contributed by atoms with Crippen LogP contribution < -0.4 is 9.47 Å². The Bertz CT molecular complexity index is 384. The van der Waals surface area contributed by atoms with Crippen LogP contribution in [0.5, 0.6) is 11.5 Å². The maximum atomic E-state index is 11.2. The van der Waals surface area contributed by atoms with Crippen molar-refractivity contribution >= 4 is 5.78 Å². The Morgan fingerprint density at radius 2 is 2.40 bits per heavy atom. The van der Waals surface area contributed by atoms with Gasteiger partial charge in [0.05, 0.1) is 11.7 Å². The van der Waals surface area contributed by atoms with Crippen LogP contribution in [-0.4, -0.2) is 30.2 Å². The third-order valence-electron chi connectivity index (χ3n) is 2.10. The molecule has 15 heavy (non-hydrogen) atoms. The number of ketones is 1. The first-order valence-electron chi connectivity index (χ1n) is 4.78. The number of benzene rings is 1. The van der Waals surface area contributed by atoms with Gasteiger partial charge in [-0.15, -0.1) is 0 Å². The molecular weight excluding hydrogens is 196 g/mol. The van der Waals surface area contributed by atoms with Crippen molar-refractivity contribution in [3.63, 3.8) is 0 Å². The van der Waals surface area contributed by atoms with Crippen LogP contribution in [0.15, 0.2) is 18.2 Å². The van der Waals surface area contributed by atoms with Crippen molar-refractivity contribution in [1.82, 2.24) is 0 Å². The molecule has 80 valence electrons. The van der Waals surface area contributed by atoms with Crippen LogP contribution in [0.4, 0.5) is 0 Å². The highest BCUT2D eigenvalue weighted by atomic mass is 16.5. The normalized spacial score (nSPS) is 15.7. The highest BCUT2D eigenvalue weighted by Gasteiger charge is 2.21. The predicted molar refractivity (Wildman–Crippen MR) is 53.4 cm³/mol. The van der Waals surface area contributed by atoms with Gasteiger partial charge in [0.15, 0.2) is 6.61 Å². The molecule has 0 aromatic heterocycles. The van der Waals surface area contributed by atoms with Gasteiger partial charge in [0.1, 0.15) is 18.1 Å². The predicted octanol–water partition coefficient (Wildman–Crippen LogP) is 1.02. The summed E-state index contributed by atoms with van der Waals surface area (Å²) in [5.41, 5.74) is 0.597. The third-order valence-corrected chi connectivity index (χ3v) is 2.10. The molecule has 1 aromatic rings. The zero-order valence-electron chi connectivity index (χ0n) is 8.40. The molecule has 2 rings (SSSR count). The van der Waals surface area contributed by atoms with Gasteiger partial charge in [-0.1, -0.05) is 0 Å². The number of aliphatic hydroxyl groups excluding tert-OH is 1. The van der Waals surface area contributed by atoms with Crippen LogP contribution in [0, 0.1) is 0 Å². The molecule has 1 atom stereocenters. The van der Waals surface area contributed by atoms with Gasteiger partial charge in [-0.05, 0) is 19.1 Å². The molecular formula is C11H12O4. The van der Waals surface area contributed by atoms with Crippen molar-refractivity contribution in [1.29, 1.82) is 0 Å². The Kier molecular flexibility index (Phi) is 2.60. The molecule has 0 fully saturated rings. The van der Waals surface area contributed by atoms with E-state index in [1.165, 1.54) is 0 Å². The average Bonchev–Trinajstić information content (AvgIpc) is 2.57. The standard InChI is InChI=1S/C11H12O4/c1-7(12)5-14-8-2-3-9-10(13)6-15-11(9)4-8/h2-4,7,12H,5-6H2,1H3. The van der Waals surface area contributed by atoms with E-state index in [0.717, 1.165) is 0 Å². The maximum Gasteiger partial charge on any atom is 0.203 e. The molecule has 0 saturated heterocycles. The van der Waals surface area contributed by atoms with E-state index in [9.17, 15) is 4.79 Å². The SMILES string of the molecule is CC(O)COc1ccc2c(c1)OCC2=O. The minimum atomic E-state index is -0.513. The van der Waals surface area contributed by atoms with Gasteiger partial charge in [0.25, 0.3) is 0 Å². The minimum absolute atomic E-state index is 0.00734. The number of aliphatic hydroxyl groups is 1. The van der Waals surface area contributed by atoms with Crippen molar-refractivity contribution in [3.8, 4) is 11.5 Å². The molecule has 0 amide bonds.